The SMILES string of the molecule is CC[C@@H](NC(=O)OCc1ccccc1)P(=O)(O)O. The Balaban J connectivity index is 2.45. The van der Waals surface area contributed by atoms with Gasteiger partial charge in [-0.25, -0.2) is 4.79 Å². The summed E-state index contributed by atoms with van der Waals surface area (Å²) in [5.41, 5.74) is 0.803. The number of alkyl carbamates (subject to hydrolysis) is 1. The van der Waals surface area contributed by atoms with Gasteiger partial charge in [0, 0.05) is 0 Å². The highest BCUT2D eigenvalue weighted by Crippen LogP contribution is 2.41. The van der Waals surface area contributed by atoms with Crippen molar-refractivity contribution in [3.05, 3.63) is 35.9 Å². The Labute approximate surface area is 105 Å². The molecule has 0 saturated heterocycles. The number of carbonyl (C=O) groups is 1. The zero-order valence-corrected chi connectivity index (χ0v) is 10.8. The fourth-order valence-electron chi connectivity index (χ4n) is 1.32. The van der Waals surface area contributed by atoms with E-state index in [9.17, 15) is 9.36 Å². The standard InChI is InChI=1S/C11H16NO5P/c1-2-10(18(14,15)16)12-11(13)17-8-9-6-4-3-5-7-9/h3-7,10H,2,8H2,1H3,(H,12,13)(H2,14,15,16)/t10-/m0/s1. The smallest absolute Gasteiger partial charge is 0.408 e. The van der Waals surface area contributed by atoms with Crippen molar-refractivity contribution >= 4 is 13.7 Å². The monoisotopic (exact) mass is 273 g/mol. The van der Waals surface area contributed by atoms with Crippen molar-refractivity contribution in [2.45, 2.75) is 25.7 Å². The van der Waals surface area contributed by atoms with Gasteiger partial charge in [-0.05, 0) is 12.0 Å². The van der Waals surface area contributed by atoms with Crippen molar-refractivity contribution in [1.29, 1.82) is 0 Å². The lowest BCUT2D eigenvalue weighted by Crippen LogP contribution is -2.34. The van der Waals surface area contributed by atoms with Crippen LogP contribution in [0.4, 0.5) is 4.79 Å². The quantitative estimate of drug-likeness (QED) is 0.711. The molecule has 0 unspecified atom stereocenters. The van der Waals surface area contributed by atoms with Crippen LogP contribution in [0.1, 0.15) is 18.9 Å². The molecule has 0 heterocycles. The van der Waals surface area contributed by atoms with Gasteiger partial charge >= 0.3 is 13.7 Å². The Morgan fingerprint density at radius 3 is 2.50 bits per heavy atom. The van der Waals surface area contributed by atoms with Crippen LogP contribution >= 0.6 is 7.60 Å². The molecule has 0 fully saturated rings. The zero-order valence-electron chi connectivity index (χ0n) is 9.94. The van der Waals surface area contributed by atoms with Crippen LogP contribution in [-0.4, -0.2) is 21.7 Å². The number of benzene rings is 1. The lowest BCUT2D eigenvalue weighted by molar-refractivity contribution is 0.137. The minimum Gasteiger partial charge on any atom is -0.445 e. The highest BCUT2D eigenvalue weighted by atomic mass is 31.2. The number of hydrogen-bond acceptors (Lipinski definition) is 3. The average molecular weight is 273 g/mol. The molecule has 1 aromatic carbocycles. The van der Waals surface area contributed by atoms with Gasteiger partial charge in [-0.3, -0.25) is 4.57 Å². The van der Waals surface area contributed by atoms with E-state index >= 15 is 0 Å². The summed E-state index contributed by atoms with van der Waals surface area (Å²) in [4.78, 5) is 29.3. The van der Waals surface area contributed by atoms with Crippen molar-refractivity contribution in [1.82, 2.24) is 5.32 Å². The summed E-state index contributed by atoms with van der Waals surface area (Å²) in [7, 11) is -4.34. The van der Waals surface area contributed by atoms with Crippen molar-refractivity contribution in [3.8, 4) is 0 Å². The van der Waals surface area contributed by atoms with Crippen LogP contribution in [0.5, 0.6) is 0 Å². The van der Waals surface area contributed by atoms with Gasteiger partial charge in [-0.2, -0.15) is 0 Å². The molecule has 0 saturated carbocycles. The molecule has 1 aromatic rings. The molecule has 18 heavy (non-hydrogen) atoms. The van der Waals surface area contributed by atoms with Gasteiger partial charge in [-0.15, -0.1) is 0 Å². The lowest BCUT2D eigenvalue weighted by Gasteiger charge is -2.17. The molecule has 100 valence electrons. The molecule has 0 aliphatic heterocycles. The van der Waals surface area contributed by atoms with E-state index in [1.807, 2.05) is 6.07 Å². The first-order valence-corrected chi connectivity index (χ1v) is 7.14. The van der Waals surface area contributed by atoms with Crippen LogP contribution in [0, 0.1) is 0 Å². The molecule has 7 heteroatoms. The maximum atomic E-state index is 11.4. The number of rotatable bonds is 5. The van der Waals surface area contributed by atoms with E-state index in [0.29, 0.717) is 0 Å². The Morgan fingerprint density at radius 2 is 2.00 bits per heavy atom. The van der Waals surface area contributed by atoms with E-state index in [1.54, 1.807) is 31.2 Å². The van der Waals surface area contributed by atoms with E-state index in [2.05, 4.69) is 5.32 Å². The first kappa shape index (κ1) is 14.7. The first-order chi connectivity index (χ1) is 8.43. The van der Waals surface area contributed by atoms with Crippen LogP contribution in [0.3, 0.4) is 0 Å². The zero-order chi connectivity index (χ0) is 13.6. The summed E-state index contributed by atoms with van der Waals surface area (Å²) in [6, 6.07) is 9.02. The molecule has 1 rings (SSSR count). The third-order valence-corrected chi connectivity index (χ3v) is 3.60. The van der Waals surface area contributed by atoms with E-state index in [1.165, 1.54) is 0 Å². The number of ether oxygens (including phenoxy) is 1. The van der Waals surface area contributed by atoms with Gasteiger partial charge < -0.3 is 19.8 Å². The van der Waals surface area contributed by atoms with Crippen LogP contribution < -0.4 is 5.32 Å². The highest BCUT2D eigenvalue weighted by Gasteiger charge is 2.28. The predicted molar refractivity (Wildman–Crippen MR) is 65.9 cm³/mol. The molecule has 0 aliphatic rings. The molecule has 3 N–H and O–H groups in total. The first-order valence-electron chi connectivity index (χ1n) is 5.46. The third-order valence-electron chi connectivity index (χ3n) is 2.29. The van der Waals surface area contributed by atoms with Crippen LogP contribution in [0.25, 0.3) is 0 Å². The molecule has 0 spiro atoms. The number of nitrogens with one attached hydrogen (secondary N) is 1. The second-order valence-corrected chi connectivity index (χ2v) is 5.52. The van der Waals surface area contributed by atoms with E-state index in [0.717, 1.165) is 5.56 Å². The summed E-state index contributed by atoms with van der Waals surface area (Å²) in [6.45, 7) is 1.63. The Morgan fingerprint density at radius 1 is 1.39 bits per heavy atom. The molecule has 1 atom stereocenters. The average Bonchev–Trinajstić information content (AvgIpc) is 2.33. The second kappa shape index (κ2) is 6.54. The summed E-state index contributed by atoms with van der Waals surface area (Å²) in [5, 5.41) is 2.15. The second-order valence-electron chi connectivity index (χ2n) is 3.72. The fraction of sp³-hybridized carbons (Fsp3) is 0.364. The number of carbonyl (C=O) groups excluding carboxylic acids is 1. The van der Waals surface area contributed by atoms with Crippen LogP contribution in [0.2, 0.25) is 0 Å². The lowest BCUT2D eigenvalue weighted by atomic mass is 10.2. The van der Waals surface area contributed by atoms with E-state index < -0.39 is 19.5 Å². The third kappa shape index (κ3) is 4.87. The Kier molecular flexibility index (Phi) is 5.34. The Hall–Kier alpha value is -1.36. The van der Waals surface area contributed by atoms with Crippen molar-refractivity contribution in [3.63, 3.8) is 0 Å². The normalized spacial score (nSPS) is 12.8. The predicted octanol–water partition coefficient (Wildman–Crippen LogP) is 1.83. The summed E-state index contributed by atoms with van der Waals surface area (Å²) in [5.74, 6) is -1.21. The van der Waals surface area contributed by atoms with Gasteiger partial charge in [0.15, 0.2) is 0 Å². The number of hydrogen-bond donors (Lipinski definition) is 3. The summed E-state index contributed by atoms with van der Waals surface area (Å²) < 4.78 is 15.9. The summed E-state index contributed by atoms with van der Waals surface area (Å²) >= 11 is 0. The molecular weight excluding hydrogens is 257 g/mol. The largest absolute Gasteiger partial charge is 0.445 e. The highest BCUT2D eigenvalue weighted by molar-refractivity contribution is 7.52. The Bertz CT molecular complexity index is 430. The number of amides is 1. The molecule has 0 aromatic heterocycles. The van der Waals surface area contributed by atoms with Crippen LogP contribution in [-0.2, 0) is 15.9 Å². The maximum absolute atomic E-state index is 11.4. The molecule has 0 radical (unpaired) electrons. The molecular formula is C11H16NO5P. The van der Waals surface area contributed by atoms with Crippen molar-refractivity contribution in [2.75, 3.05) is 0 Å². The minimum absolute atomic E-state index is 0.0598. The molecule has 1 amide bonds. The van der Waals surface area contributed by atoms with Crippen LogP contribution in [0.15, 0.2) is 30.3 Å². The van der Waals surface area contributed by atoms with Gasteiger partial charge in [0.05, 0.1) is 0 Å². The molecule has 0 aliphatic carbocycles. The topological polar surface area (TPSA) is 95.9 Å². The maximum Gasteiger partial charge on any atom is 0.408 e. The van der Waals surface area contributed by atoms with Gasteiger partial charge in [0.25, 0.3) is 0 Å². The summed E-state index contributed by atoms with van der Waals surface area (Å²) in [6.07, 6.45) is -0.709. The minimum atomic E-state index is -4.34. The van der Waals surface area contributed by atoms with E-state index in [-0.39, 0.29) is 13.0 Å². The fourth-order valence-corrected chi connectivity index (χ4v) is 2.07. The van der Waals surface area contributed by atoms with Gasteiger partial charge in [0.2, 0.25) is 0 Å². The van der Waals surface area contributed by atoms with Gasteiger partial charge in [-0.1, -0.05) is 37.3 Å². The molecule has 6 nitrogen and oxygen atoms in total. The van der Waals surface area contributed by atoms with Crippen molar-refractivity contribution < 1.29 is 23.9 Å². The van der Waals surface area contributed by atoms with Gasteiger partial charge in [0.1, 0.15) is 12.4 Å². The molecule has 0 bridgehead atoms. The van der Waals surface area contributed by atoms with Crippen molar-refractivity contribution in [2.24, 2.45) is 0 Å². The van der Waals surface area contributed by atoms with E-state index in [4.69, 9.17) is 14.5 Å².